The molecule has 5 nitrogen and oxygen atoms in total. The van der Waals surface area contributed by atoms with Gasteiger partial charge in [0.2, 0.25) is 0 Å². The third-order valence-corrected chi connectivity index (χ3v) is 3.51. The van der Waals surface area contributed by atoms with Gasteiger partial charge in [-0.2, -0.15) is 0 Å². The first kappa shape index (κ1) is 11.9. The summed E-state index contributed by atoms with van der Waals surface area (Å²) in [7, 11) is 0. The molecule has 2 heterocycles. The van der Waals surface area contributed by atoms with Gasteiger partial charge >= 0.3 is 5.97 Å². The molecule has 5 heteroatoms. The Morgan fingerprint density at radius 1 is 1.37 bits per heavy atom. The van der Waals surface area contributed by atoms with Gasteiger partial charge in [-0.1, -0.05) is 29.8 Å². The molecule has 1 aromatic heterocycles. The van der Waals surface area contributed by atoms with E-state index in [1.165, 1.54) is 5.56 Å². The van der Waals surface area contributed by atoms with E-state index in [1.807, 2.05) is 31.2 Å². The highest BCUT2D eigenvalue weighted by molar-refractivity contribution is 5.74. The molecule has 1 aromatic carbocycles. The van der Waals surface area contributed by atoms with Crippen LogP contribution in [0.4, 0.5) is 0 Å². The van der Waals surface area contributed by atoms with E-state index in [2.05, 4.69) is 15.3 Å². The van der Waals surface area contributed by atoms with Crippen LogP contribution in [0.25, 0.3) is 0 Å². The van der Waals surface area contributed by atoms with Crippen LogP contribution in [-0.4, -0.2) is 27.1 Å². The number of hydrogen-bond donors (Lipinski definition) is 3. The Labute approximate surface area is 110 Å². The van der Waals surface area contributed by atoms with Crippen molar-refractivity contribution in [3.8, 4) is 0 Å². The van der Waals surface area contributed by atoms with Crippen LogP contribution in [0, 0.1) is 6.92 Å². The molecule has 0 unspecified atom stereocenters. The van der Waals surface area contributed by atoms with Crippen molar-refractivity contribution in [1.82, 2.24) is 15.3 Å². The van der Waals surface area contributed by atoms with Crippen molar-refractivity contribution in [2.24, 2.45) is 0 Å². The molecular formula is C14H15N3O2. The summed E-state index contributed by atoms with van der Waals surface area (Å²) in [4.78, 5) is 18.6. The van der Waals surface area contributed by atoms with E-state index in [0.29, 0.717) is 6.42 Å². The van der Waals surface area contributed by atoms with Gasteiger partial charge in [-0.3, -0.25) is 10.1 Å². The van der Waals surface area contributed by atoms with E-state index in [0.717, 1.165) is 17.0 Å². The Kier molecular flexibility index (Phi) is 2.83. The number of imidazole rings is 1. The van der Waals surface area contributed by atoms with Crippen molar-refractivity contribution in [2.75, 3.05) is 0 Å². The van der Waals surface area contributed by atoms with E-state index in [-0.39, 0.29) is 6.04 Å². The maximum atomic E-state index is 11.2. The lowest BCUT2D eigenvalue weighted by Crippen LogP contribution is -2.45. The summed E-state index contributed by atoms with van der Waals surface area (Å²) >= 11 is 0. The van der Waals surface area contributed by atoms with Crippen molar-refractivity contribution >= 4 is 5.97 Å². The number of benzene rings is 1. The maximum absolute atomic E-state index is 11.2. The maximum Gasteiger partial charge on any atom is 0.321 e. The Balaban J connectivity index is 2.00. The van der Waals surface area contributed by atoms with Gasteiger partial charge in [0.1, 0.15) is 6.04 Å². The number of aryl methyl sites for hydroxylation is 1. The van der Waals surface area contributed by atoms with E-state index >= 15 is 0 Å². The van der Waals surface area contributed by atoms with Gasteiger partial charge in [0.25, 0.3) is 0 Å². The smallest absolute Gasteiger partial charge is 0.321 e. The van der Waals surface area contributed by atoms with Gasteiger partial charge in [0.15, 0.2) is 0 Å². The molecule has 1 aliphatic heterocycles. The molecule has 0 aliphatic carbocycles. The van der Waals surface area contributed by atoms with Crippen molar-refractivity contribution in [3.63, 3.8) is 0 Å². The third kappa shape index (κ3) is 2.13. The summed E-state index contributed by atoms with van der Waals surface area (Å²) in [6.45, 7) is 2.03. The van der Waals surface area contributed by atoms with E-state index in [1.54, 1.807) is 6.33 Å². The molecule has 0 bridgehead atoms. The number of hydrogen-bond acceptors (Lipinski definition) is 3. The number of aliphatic carboxylic acids is 1. The van der Waals surface area contributed by atoms with Crippen LogP contribution in [0.5, 0.6) is 0 Å². The molecule has 19 heavy (non-hydrogen) atoms. The Morgan fingerprint density at radius 2 is 2.11 bits per heavy atom. The lowest BCUT2D eigenvalue weighted by Gasteiger charge is -2.28. The number of rotatable bonds is 2. The second-order valence-electron chi connectivity index (χ2n) is 4.87. The fourth-order valence-electron chi connectivity index (χ4n) is 2.46. The lowest BCUT2D eigenvalue weighted by molar-refractivity contribution is -0.139. The number of aromatic nitrogens is 2. The third-order valence-electron chi connectivity index (χ3n) is 3.51. The molecule has 98 valence electrons. The minimum atomic E-state index is -0.836. The van der Waals surface area contributed by atoms with E-state index < -0.39 is 12.0 Å². The van der Waals surface area contributed by atoms with Gasteiger partial charge in [0, 0.05) is 12.1 Å². The van der Waals surface area contributed by atoms with Crippen LogP contribution in [-0.2, 0) is 11.2 Å². The monoisotopic (exact) mass is 257 g/mol. The fourth-order valence-corrected chi connectivity index (χ4v) is 2.46. The number of aromatic amines is 1. The average Bonchev–Trinajstić information content (AvgIpc) is 2.86. The standard InChI is InChI=1S/C14H15N3O2/c1-8-2-4-9(5-3-8)12-13-10(15-7-16-13)6-11(17-12)14(18)19/h2-5,7,11-12,17H,6H2,1H3,(H,15,16)(H,18,19)/t11-,12-/m1/s1. The van der Waals surface area contributed by atoms with Crippen LogP contribution >= 0.6 is 0 Å². The van der Waals surface area contributed by atoms with Gasteiger partial charge < -0.3 is 10.1 Å². The van der Waals surface area contributed by atoms with Crippen molar-refractivity contribution in [1.29, 1.82) is 0 Å². The second-order valence-corrected chi connectivity index (χ2v) is 4.87. The van der Waals surface area contributed by atoms with Gasteiger partial charge in [-0.15, -0.1) is 0 Å². The molecular weight excluding hydrogens is 242 g/mol. The normalized spacial score (nSPS) is 21.9. The summed E-state index contributed by atoms with van der Waals surface area (Å²) < 4.78 is 0. The first-order valence-corrected chi connectivity index (χ1v) is 6.22. The fraction of sp³-hybridized carbons (Fsp3) is 0.286. The highest BCUT2D eigenvalue weighted by Crippen LogP contribution is 2.28. The summed E-state index contributed by atoms with van der Waals surface area (Å²) in [5.41, 5.74) is 4.00. The number of carboxylic acid groups (broad SMARTS) is 1. The van der Waals surface area contributed by atoms with Crippen LogP contribution in [0.15, 0.2) is 30.6 Å². The quantitative estimate of drug-likeness (QED) is 0.760. The zero-order valence-corrected chi connectivity index (χ0v) is 10.6. The molecule has 0 radical (unpaired) electrons. The highest BCUT2D eigenvalue weighted by atomic mass is 16.4. The Hall–Kier alpha value is -2.14. The summed E-state index contributed by atoms with van der Waals surface area (Å²) in [5, 5.41) is 12.4. The number of nitrogens with one attached hydrogen (secondary N) is 2. The van der Waals surface area contributed by atoms with Crippen LogP contribution in [0.1, 0.15) is 28.6 Å². The largest absolute Gasteiger partial charge is 0.480 e. The van der Waals surface area contributed by atoms with Gasteiger partial charge in [-0.05, 0) is 12.5 Å². The van der Waals surface area contributed by atoms with Crippen molar-refractivity contribution in [2.45, 2.75) is 25.4 Å². The Morgan fingerprint density at radius 3 is 2.79 bits per heavy atom. The van der Waals surface area contributed by atoms with Crippen LogP contribution in [0.3, 0.4) is 0 Å². The molecule has 2 atom stereocenters. The minimum absolute atomic E-state index is 0.170. The molecule has 0 spiro atoms. The zero-order chi connectivity index (χ0) is 13.4. The van der Waals surface area contributed by atoms with Crippen LogP contribution in [0.2, 0.25) is 0 Å². The number of fused-ring (bicyclic) bond motifs is 1. The molecule has 1 aliphatic rings. The van der Waals surface area contributed by atoms with Gasteiger partial charge in [-0.25, -0.2) is 4.98 Å². The number of carboxylic acids is 1. The van der Waals surface area contributed by atoms with Gasteiger partial charge in [0.05, 0.1) is 18.1 Å². The average molecular weight is 257 g/mol. The lowest BCUT2D eigenvalue weighted by atomic mass is 9.93. The zero-order valence-electron chi connectivity index (χ0n) is 10.6. The Bertz CT molecular complexity index is 603. The number of nitrogens with zero attached hydrogens (tertiary/aromatic N) is 1. The summed E-state index contributed by atoms with van der Waals surface area (Å²) in [6, 6.07) is 7.31. The first-order chi connectivity index (χ1) is 9.15. The summed E-state index contributed by atoms with van der Waals surface area (Å²) in [5.74, 6) is -0.836. The predicted octanol–water partition coefficient (Wildman–Crippen LogP) is 1.41. The van der Waals surface area contributed by atoms with Crippen LogP contribution < -0.4 is 5.32 Å². The molecule has 0 fully saturated rings. The molecule has 3 N–H and O–H groups in total. The molecule has 0 amide bonds. The first-order valence-electron chi connectivity index (χ1n) is 6.22. The highest BCUT2D eigenvalue weighted by Gasteiger charge is 2.32. The van der Waals surface area contributed by atoms with E-state index in [4.69, 9.17) is 0 Å². The molecule has 3 rings (SSSR count). The van der Waals surface area contributed by atoms with Crippen molar-refractivity contribution < 1.29 is 9.90 Å². The van der Waals surface area contributed by atoms with E-state index in [9.17, 15) is 9.90 Å². The van der Waals surface area contributed by atoms with Crippen molar-refractivity contribution in [3.05, 3.63) is 53.1 Å². The molecule has 0 saturated carbocycles. The minimum Gasteiger partial charge on any atom is -0.480 e. The number of H-pyrrole nitrogens is 1. The number of carbonyl (C=O) groups is 1. The second kappa shape index (κ2) is 4.51. The predicted molar refractivity (Wildman–Crippen MR) is 69.9 cm³/mol. The SMILES string of the molecule is Cc1ccc([C@H]2N[C@@H](C(=O)O)Cc3[nH]cnc32)cc1. The summed E-state index contributed by atoms with van der Waals surface area (Å²) in [6.07, 6.45) is 2.06. The molecule has 0 saturated heterocycles. The molecule has 2 aromatic rings. The topological polar surface area (TPSA) is 78.0 Å².